The van der Waals surface area contributed by atoms with Crippen LogP contribution in [0.3, 0.4) is 0 Å². The maximum atomic E-state index is 11.1. The summed E-state index contributed by atoms with van der Waals surface area (Å²) in [5, 5.41) is 13.6. The summed E-state index contributed by atoms with van der Waals surface area (Å²) in [6.45, 7) is 3.35. The van der Waals surface area contributed by atoms with Crippen LogP contribution in [0.4, 0.5) is 0 Å². The molecule has 2 atom stereocenters. The molecule has 0 fully saturated rings. The lowest BCUT2D eigenvalue weighted by Gasteiger charge is -2.13. The van der Waals surface area contributed by atoms with E-state index in [1.165, 1.54) is 6.92 Å². The van der Waals surface area contributed by atoms with Gasteiger partial charge in [0.25, 0.3) is 0 Å². The largest absolute Gasteiger partial charge is 0.384 e. The summed E-state index contributed by atoms with van der Waals surface area (Å²) in [5.74, 6) is -0.332. The van der Waals surface area contributed by atoms with E-state index in [-0.39, 0.29) is 11.9 Å². The topological polar surface area (TPSA) is 49.3 Å². The highest BCUT2D eigenvalue weighted by molar-refractivity contribution is 7.10. The van der Waals surface area contributed by atoms with Crippen LogP contribution in [-0.2, 0) is 4.79 Å². The van der Waals surface area contributed by atoms with E-state index in [4.69, 9.17) is 5.11 Å². The Labute approximate surface area is 81.4 Å². The highest BCUT2D eigenvalue weighted by atomic mass is 32.1. The maximum absolute atomic E-state index is 11.1. The van der Waals surface area contributed by atoms with Crippen LogP contribution in [0.2, 0.25) is 0 Å². The van der Waals surface area contributed by atoms with E-state index in [0.29, 0.717) is 0 Å². The van der Waals surface area contributed by atoms with Gasteiger partial charge in [0.05, 0.1) is 6.04 Å². The summed E-state index contributed by atoms with van der Waals surface area (Å²) in [6.07, 6.45) is -0.942. The minimum absolute atomic E-state index is 0.0258. The lowest BCUT2D eigenvalue weighted by atomic mass is 10.2. The molecule has 2 N–H and O–H groups in total. The zero-order chi connectivity index (χ0) is 9.84. The van der Waals surface area contributed by atoms with E-state index >= 15 is 0 Å². The second-order valence-corrected chi connectivity index (χ2v) is 3.90. The molecule has 72 valence electrons. The maximum Gasteiger partial charge on any atom is 0.249 e. The molecular weight excluding hydrogens is 186 g/mol. The summed E-state index contributed by atoms with van der Waals surface area (Å²) in [7, 11) is 0. The fourth-order valence-corrected chi connectivity index (χ4v) is 1.68. The second kappa shape index (κ2) is 4.39. The van der Waals surface area contributed by atoms with Crippen molar-refractivity contribution in [3.63, 3.8) is 0 Å². The van der Waals surface area contributed by atoms with Crippen molar-refractivity contribution < 1.29 is 9.90 Å². The summed E-state index contributed by atoms with van der Waals surface area (Å²) in [5.41, 5.74) is 0. The average Bonchev–Trinajstić information content (AvgIpc) is 2.55. The number of carbonyl (C=O) groups is 1. The van der Waals surface area contributed by atoms with Crippen molar-refractivity contribution in [1.82, 2.24) is 5.32 Å². The molecule has 4 heteroatoms. The Kier molecular flexibility index (Phi) is 3.45. The first kappa shape index (κ1) is 10.2. The molecule has 0 bridgehead atoms. The molecule has 0 aliphatic rings. The van der Waals surface area contributed by atoms with Gasteiger partial charge < -0.3 is 10.4 Å². The van der Waals surface area contributed by atoms with E-state index in [1.54, 1.807) is 11.3 Å². The molecule has 3 nitrogen and oxygen atoms in total. The first-order chi connectivity index (χ1) is 6.11. The number of thiophene rings is 1. The SMILES string of the molecule is C[C@@H](O)C(=O)N[C@H](C)c1cccs1. The van der Waals surface area contributed by atoms with Crippen LogP contribution in [0, 0.1) is 0 Å². The molecule has 0 saturated heterocycles. The molecule has 0 aromatic carbocycles. The highest BCUT2D eigenvalue weighted by Gasteiger charge is 2.13. The van der Waals surface area contributed by atoms with Crippen LogP contribution >= 0.6 is 11.3 Å². The molecule has 0 radical (unpaired) electrons. The zero-order valence-corrected chi connectivity index (χ0v) is 8.47. The quantitative estimate of drug-likeness (QED) is 0.771. The smallest absolute Gasteiger partial charge is 0.249 e. The van der Waals surface area contributed by atoms with Gasteiger partial charge in [-0.1, -0.05) is 6.07 Å². The first-order valence-corrected chi connectivity index (χ1v) is 5.01. The number of amides is 1. The van der Waals surface area contributed by atoms with Crippen LogP contribution in [0.5, 0.6) is 0 Å². The summed E-state index contributed by atoms with van der Waals surface area (Å²) in [6, 6.07) is 3.87. The van der Waals surface area contributed by atoms with Gasteiger partial charge in [0.1, 0.15) is 6.10 Å². The van der Waals surface area contributed by atoms with Crippen LogP contribution < -0.4 is 5.32 Å². The number of hydrogen-bond donors (Lipinski definition) is 2. The van der Waals surface area contributed by atoms with Gasteiger partial charge in [0, 0.05) is 4.88 Å². The molecule has 1 amide bonds. The van der Waals surface area contributed by atoms with E-state index in [2.05, 4.69) is 5.32 Å². The Morgan fingerprint density at radius 3 is 2.77 bits per heavy atom. The molecule has 0 unspecified atom stereocenters. The number of rotatable bonds is 3. The lowest BCUT2D eigenvalue weighted by molar-refractivity contribution is -0.129. The predicted octanol–water partition coefficient (Wildman–Crippen LogP) is 1.31. The molecular formula is C9H13NO2S. The third-order valence-corrected chi connectivity index (χ3v) is 2.76. The second-order valence-electron chi connectivity index (χ2n) is 2.92. The Morgan fingerprint density at radius 1 is 1.62 bits per heavy atom. The number of carbonyl (C=O) groups excluding carboxylic acids is 1. The molecule has 1 heterocycles. The Hall–Kier alpha value is -0.870. The highest BCUT2D eigenvalue weighted by Crippen LogP contribution is 2.17. The molecule has 1 aromatic rings. The van der Waals surface area contributed by atoms with Crippen LogP contribution in [-0.4, -0.2) is 17.1 Å². The van der Waals surface area contributed by atoms with Gasteiger partial charge in [0.2, 0.25) is 5.91 Å². The van der Waals surface area contributed by atoms with Gasteiger partial charge in [-0.3, -0.25) is 4.79 Å². The van der Waals surface area contributed by atoms with E-state index in [0.717, 1.165) is 4.88 Å². The van der Waals surface area contributed by atoms with E-state index in [9.17, 15) is 4.79 Å². The first-order valence-electron chi connectivity index (χ1n) is 4.13. The Balaban J connectivity index is 2.51. The standard InChI is InChI=1S/C9H13NO2S/c1-6(8-4-3-5-13-8)10-9(12)7(2)11/h3-7,11H,1-2H3,(H,10,12)/t6-,7-/m1/s1. The van der Waals surface area contributed by atoms with Crippen molar-refractivity contribution in [2.45, 2.75) is 26.0 Å². The molecule has 1 aromatic heterocycles. The minimum atomic E-state index is -0.942. The molecule has 1 rings (SSSR count). The molecule has 13 heavy (non-hydrogen) atoms. The van der Waals surface area contributed by atoms with Gasteiger partial charge >= 0.3 is 0 Å². The van der Waals surface area contributed by atoms with Crippen molar-refractivity contribution >= 4 is 17.2 Å². The van der Waals surface area contributed by atoms with Gasteiger partial charge in [0.15, 0.2) is 0 Å². The van der Waals surface area contributed by atoms with Gasteiger partial charge in [-0.25, -0.2) is 0 Å². The molecule has 0 aliphatic carbocycles. The molecule has 0 saturated carbocycles. The van der Waals surface area contributed by atoms with Gasteiger partial charge in [-0.2, -0.15) is 0 Å². The normalized spacial score (nSPS) is 15.0. The number of aliphatic hydroxyl groups is 1. The van der Waals surface area contributed by atoms with Crippen molar-refractivity contribution in [2.75, 3.05) is 0 Å². The number of aliphatic hydroxyl groups excluding tert-OH is 1. The van der Waals surface area contributed by atoms with Crippen LogP contribution in [0.15, 0.2) is 17.5 Å². The third kappa shape index (κ3) is 2.82. The van der Waals surface area contributed by atoms with Crippen molar-refractivity contribution in [1.29, 1.82) is 0 Å². The van der Waals surface area contributed by atoms with Gasteiger partial charge in [-0.15, -0.1) is 11.3 Å². The molecule has 0 aliphatic heterocycles. The Bertz CT molecular complexity index is 269. The number of hydrogen-bond acceptors (Lipinski definition) is 3. The summed E-state index contributed by atoms with van der Waals surface area (Å²) < 4.78 is 0. The fraction of sp³-hybridized carbons (Fsp3) is 0.444. The molecule has 0 spiro atoms. The van der Waals surface area contributed by atoms with Crippen LogP contribution in [0.1, 0.15) is 24.8 Å². The Morgan fingerprint density at radius 2 is 2.31 bits per heavy atom. The van der Waals surface area contributed by atoms with Crippen molar-refractivity contribution in [2.24, 2.45) is 0 Å². The fourth-order valence-electron chi connectivity index (χ4n) is 0.943. The lowest BCUT2D eigenvalue weighted by Crippen LogP contribution is -2.34. The third-order valence-electron chi connectivity index (χ3n) is 1.71. The average molecular weight is 199 g/mol. The monoisotopic (exact) mass is 199 g/mol. The van der Waals surface area contributed by atoms with Crippen LogP contribution in [0.25, 0.3) is 0 Å². The minimum Gasteiger partial charge on any atom is -0.384 e. The predicted molar refractivity (Wildman–Crippen MR) is 52.6 cm³/mol. The van der Waals surface area contributed by atoms with E-state index < -0.39 is 6.10 Å². The summed E-state index contributed by atoms with van der Waals surface area (Å²) in [4.78, 5) is 12.2. The van der Waals surface area contributed by atoms with Crippen molar-refractivity contribution in [3.05, 3.63) is 22.4 Å². The van der Waals surface area contributed by atoms with Gasteiger partial charge in [-0.05, 0) is 25.3 Å². The summed E-state index contributed by atoms with van der Waals surface area (Å²) >= 11 is 1.59. The van der Waals surface area contributed by atoms with E-state index in [1.807, 2.05) is 24.4 Å². The number of nitrogens with one attached hydrogen (secondary N) is 1. The zero-order valence-electron chi connectivity index (χ0n) is 7.65. The van der Waals surface area contributed by atoms with Crippen molar-refractivity contribution in [3.8, 4) is 0 Å².